The number of anilines is 1. The van der Waals surface area contributed by atoms with Crippen molar-refractivity contribution in [1.29, 1.82) is 0 Å². The predicted octanol–water partition coefficient (Wildman–Crippen LogP) is 1.94. The van der Waals surface area contributed by atoms with Crippen molar-refractivity contribution in [1.82, 2.24) is 5.43 Å². The van der Waals surface area contributed by atoms with Gasteiger partial charge in [-0.05, 0) is 18.2 Å². The predicted molar refractivity (Wildman–Crippen MR) is 79.0 cm³/mol. The van der Waals surface area contributed by atoms with Gasteiger partial charge in [-0.15, -0.1) is 0 Å². The van der Waals surface area contributed by atoms with Crippen molar-refractivity contribution in [2.24, 2.45) is 5.10 Å². The van der Waals surface area contributed by atoms with Crippen molar-refractivity contribution in [3.8, 4) is 0 Å². The van der Waals surface area contributed by atoms with Crippen LogP contribution >= 0.6 is 0 Å². The monoisotopic (exact) mass is 284 g/mol. The summed E-state index contributed by atoms with van der Waals surface area (Å²) in [7, 11) is 0. The van der Waals surface area contributed by atoms with Crippen LogP contribution in [0.1, 0.15) is 15.9 Å². The van der Waals surface area contributed by atoms with Crippen LogP contribution in [-0.2, 0) is 0 Å². The van der Waals surface area contributed by atoms with E-state index in [0.717, 1.165) is 0 Å². The molecule has 0 aliphatic rings. The normalized spacial score (nSPS) is 10.5. The number of nitrogen functional groups attached to an aromatic ring is 1. The second-order valence-corrected chi connectivity index (χ2v) is 4.10. The minimum atomic E-state index is -0.516. The van der Waals surface area contributed by atoms with Crippen molar-refractivity contribution in [2.45, 2.75) is 0 Å². The Labute approximate surface area is 120 Å². The molecule has 1 amide bonds. The summed E-state index contributed by atoms with van der Waals surface area (Å²) in [5.74, 6) is -0.483. The first kappa shape index (κ1) is 14.2. The molecule has 0 fully saturated rings. The van der Waals surface area contributed by atoms with Crippen LogP contribution in [0.4, 0.5) is 11.4 Å². The van der Waals surface area contributed by atoms with E-state index in [1.807, 2.05) is 0 Å². The van der Waals surface area contributed by atoms with Crippen LogP contribution in [0.15, 0.2) is 53.6 Å². The van der Waals surface area contributed by atoms with Crippen LogP contribution in [0, 0.1) is 10.1 Å². The zero-order valence-electron chi connectivity index (χ0n) is 10.9. The average Bonchev–Trinajstić information content (AvgIpc) is 2.48. The maximum absolute atomic E-state index is 11.8. The van der Waals surface area contributed by atoms with Crippen molar-refractivity contribution < 1.29 is 9.72 Å². The summed E-state index contributed by atoms with van der Waals surface area (Å²) in [5.41, 5.74) is 8.77. The average molecular weight is 284 g/mol. The van der Waals surface area contributed by atoms with E-state index in [0.29, 0.717) is 11.3 Å². The van der Waals surface area contributed by atoms with Gasteiger partial charge in [0, 0.05) is 11.8 Å². The van der Waals surface area contributed by atoms with Crippen LogP contribution in [-0.4, -0.2) is 17.0 Å². The number of carbonyl (C=O) groups excluding carboxylic acids is 1. The SMILES string of the molecule is Nc1ccccc1C(=O)N/N=C/c1ccccc1[N+](=O)[O-]. The number of amides is 1. The zero-order valence-corrected chi connectivity index (χ0v) is 10.9. The number of hydrogen-bond acceptors (Lipinski definition) is 5. The minimum Gasteiger partial charge on any atom is -0.398 e. The van der Waals surface area contributed by atoms with Crippen LogP contribution < -0.4 is 11.2 Å². The molecule has 0 radical (unpaired) electrons. The molecule has 0 saturated heterocycles. The summed E-state index contributed by atoms with van der Waals surface area (Å²) in [4.78, 5) is 22.1. The lowest BCUT2D eigenvalue weighted by molar-refractivity contribution is -0.385. The molecule has 0 unspecified atom stereocenters. The Kier molecular flexibility index (Phi) is 4.25. The van der Waals surface area contributed by atoms with Gasteiger partial charge in [-0.1, -0.05) is 24.3 Å². The highest BCUT2D eigenvalue weighted by Gasteiger charge is 2.11. The number of nitrogens with one attached hydrogen (secondary N) is 1. The molecular formula is C14H12N4O3. The summed E-state index contributed by atoms with van der Waals surface area (Å²) in [6.07, 6.45) is 1.22. The molecule has 7 nitrogen and oxygen atoms in total. The first-order valence-electron chi connectivity index (χ1n) is 6.01. The van der Waals surface area contributed by atoms with E-state index in [2.05, 4.69) is 10.5 Å². The molecule has 3 N–H and O–H groups in total. The Hall–Kier alpha value is -3.22. The Morgan fingerprint density at radius 3 is 2.57 bits per heavy atom. The summed E-state index contributed by atoms with van der Waals surface area (Å²) < 4.78 is 0. The molecule has 2 aromatic rings. The van der Waals surface area contributed by atoms with E-state index < -0.39 is 10.8 Å². The molecular weight excluding hydrogens is 272 g/mol. The van der Waals surface area contributed by atoms with Gasteiger partial charge >= 0.3 is 0 Å². The smallest absolute Gasteiger partial charge is 0.278 e. The molecule has 0 aromatic heterocycles. The van der Waals surface area contributed by atoms with E-state index >= 15 is 0 Å². The maximum Gasteiger partial charge on any atom is 0.278 e. The lowest BCUT2D eigenvalue weighted by Gasteiger charge is -2.02. The fraction of sp³-hybridized carbons (Fsp3) is 0. The van der Waals surface area contributed by atoms with Gasteiger partial charge in [0.2, 0.25) is 0 Å². The van der Waals surface area contributed by atoms with E-state index in [9.17, 15) is 14.9 Å². The van der Waals surface area contributed by atoms with Crippen molar-refractivity contribution in [3.63, 3.8) is 0 Å². The van der Waals surface area contributed by atoms with Crippen molar-refractivity contribution >= 4 is 23.5 Å². The van der Waals surface area contributed by atoms with E-state index in [1.54, 1.807) is 36.4 Å². The third kappa shape index (κ3) is 3.41. The van der Waals surface area contributed by atoms with Gasteiger partial charge in [0.05, 0.1) is 22.3 Å². The Balaban J connectivity index is 2.12. The molecule has 0 aliphatic heterocycles. The highest BCUT2D eigenvalue weighted by Crippen LogP contribution is 2.15. The second kappa shape index (κ2) is 6.29. The fourth-order valence-corrected chi connectivity index (χ4v) is 1.69. The standard InChI is InChI=1S/C14H12N4O3/c15-12-7-3-2-6-11(12)14(19)17-16-9-10-5-1-4-8-13(10)18(20)21/h1-9H,15H2,(H,17,19)/b16-9+. The van der Waals surface area contributed by atoms with Crippen molar-refractivity contribution in [3.05, 3.63) is 69.8 Å². The fourth-order valence-electron chi connectivity index (χ4n) is 1.69. The highest BCUT2D eigenvalue weighted by atomic mass is 16.6. The highest BCUT2D eigenvalue weighted by molar-refractivity contribution is 5.99. The first-order chi connectivity index (χ1) is 10.1. The number of para-hydroxylation sites is 2. The largest absolute Gasteiger partial charge is 0.398 e. The number of nitro groups is 1. The molecule has 2 aromatic carbocycles. The van der Waals surface area contributed by atoms with Gasteiger partial charge in [0.1, 0.15) is 0 Å². The molecule has 0 atom stereocenters. The molecule has 106 valence electrons. The zero-order chi connectivity index (χ0) is 15.2. The van der Waals surface area contributed by atoms with Crippen LogP contribution in [0.2, 0.25) is 0 Å². The van der Waals surface area contributed by atoms with Gasteiger partial charge in [0.15, 0.2) is 0 Å². The molecule has 0 aliphatic carbocycles. The quantitative estimate of drug-likeness (QED) is 0.387. The number of rotatable bonds is 4. The lowest BCUT2D eigenvalue weighted by Crippen LogP contribution is -2.19. The Morgan fingerprint density at radius 1 is 1.19 bits per heavy atom. The third-order valence-corrected chi connectivity index (χ3v) is 2.71. The van der Waals surface area contributed by atoms with Crippen LogP contribution in [0.3, 0.4) is 0 Å². The van der Waals surface area contributed by atoms with E-state index in [1.165, 1.54) is 18.3 Å². The minimum absolute atomic E-state index is 0.0882. The molecule has 0 saturated carbocycles. The van der Waals surface area contributed by atoms with E-state index in [-0.39, 0.29) is 11.3 Å². The van der Waals surface area contributed by atoms with Crippen molar-refractivity contribution in [2.75, 3.05) is 5.73 Å². The molecule has 21 heavy (non-hydrogen) atoms. The van der Waals surface area contributed by atoms with Gasteiger partial charge in [-0.3, -0.25) is 14.9 Å². The van der Waals surface area contributed by atoms with Gasteiger partial charge in [0.25, 0.3) is 11.6 Å². The second-order valence-electron chi connectivity index (χ2n) is 4.10. The number of nitro benzene ring substituents is 1. The number of carbonyl (C=O) groups is 1. The summed E-state index contributed by atoms with van der Waals surface area (Å²) in [6.45, 7) is 0. The number of nitrogens with two attached hydrogens (primary N) is 1. The van der Waals surface area contributed by atoms with Crippen LogP contribution in [0.25, 0.3) is 0 Å². The first-order valence-corrected chi connectivity index (χ1v) is 6.01. The number of nitrogens with zero attached hydrogens (tertiary/aromatic N) is 2. The third-order valence-electron chi connectivity index (χ3n) is 2.71. The van der Waals surface area contributed by atoms with E-state index in [4.69, 9.17) is 5.73 Å². The summed E-state index contributed by atoms with van der Waals surface area (Å²) >= 11 is 0. The lowest BCUT2D eigenvalue weighted by atomic mass is 10.2. The van der Waals surface area contributed by atoms with Crippen LogP contribution in [0.5, 0.6) is 0 Å². The van der Waals surface area contributed by atoms with Gasteiger partial charge < -0.3 is 5.73 Å². The summed E-state index contributed by atoms with van der Waals surface area (Å²) in [5, 5.41) is 14.5. The molecule has 2 rings (SSSR count). The molecule has 0 bridgehead atoms. The van der Waals surface area contributed by atoms with Gasteiger partial charge in [-0.25, -0.2) is 5.43 Å². The topological polar surface area (TPSA) is 111 Å². The number of benzene rings is 2. The molecule has 0 spiro atoms. The van der Waals surface area contributed by atoms with Gasteiger partial charge in [-0.2, -0.15) is 5.10 Å². The number of hydrazone groups is 1. The maximum atomic E-state index is 11.8. The number of hydrogen-bond donors (Lipinski definition) is 2. The molecule has 7 heteroatoms. The summed E-state index contributed by atoms with van der Waals surface area (Å²) in [6, 6.07) is 12.6. The Morgan fingerprint density at radius 2 is 1.86 bits per heavy atom. The Bertz CT molecular complexity index is 713. The molecule has 0 heterocycles.